The number of rotatable bonds is 6. The van der Waals surface area contributed by atoms with Crippen LogP contribution in [0.4, 0.5) is 5.69 Å². The zero-order chi connectivity index (χ0) is 20.8. The molecule has 0 aliphatic heterocycles. The van der Waals surface area contributed by atoms with Gasteiger partial charge in [-0.05, 0) is 25.1 Å². The Labute approximate surface area is 172 Å². The third-order valence-corrected chi connectivity index (χ3v) is 4.27. The molecule has 1 heterocycles. The molecule has 0 saturated carbocycles. The normalized spacial score (nSPS) is 11.4. The first-order chi connectivity index (χ1) is 14.0. The Balaban J connectivity index is 1.83. The number of anilines is 1. The number of amides is 1. The van der Waals surface area contributed by atoms with E-state index in [-0.39, 0.29) is 5.69 Å². The van der Waals surface area contributed by atoms with Gasteiger partial charge in [-0.15, -0.1) is 0 Å². The molecule has 0 aliphatic carbocycles. The summed E-state index contributed by atoms with van der Waals surface area (Å²) in [6, 6.07) is 13.5. The molecule has 1 atom stereocenters. The van der Waals surface area contributed by atoms with Gasteiger partial charge in [-0.1, -0.05) is 41.9 Å². The molecule has 29 heavy (non-hydrogen) atoms. The van der Waals surface area contributed by atoms with Crippen molar-refractivity contribution >= 4 is 29.2 Å². The molecule has 0 radical (unpaired) electrons. The van der Waals surface area contributed by atoms with Crippen molar-refractivity contribution in [3.63, 3.8) is 0 Å². The zero-order valence-electron chi connectivity index (χ0n) is 15.8. The number of esters is 1. The van der Waals surface area contributed by atoms with Crippen LogP contribution < -0.4 is 10.1 Å². The smallest absolute Gasteiger partial charge is 0.359 e. The summed E-state index contributed by atoms with van der Waals surface area (Å²) < 4.78 is 10.6. The van der Waals surface area contributed by atoms with Crippen LogP contribution in [0.15, 0.2) is 60.9 Å². The van der Waals surface area contributed by atoms with Gasteiger partial charge in [0.2, 0.25) is 6.10 Å². The number of nitrogens with one attached hydrogen (secondary N) is 1. The Bertz CT molecular complexity index is 1010. The molecule has 2 aromatic carbocycles. The molecule has 0 bridgehead atoms. The molecular weight excluding hydrogens is 394 g/mol. The van der Waals surface area contributed by atoms with Crippen molar-refractivity contribution in [3.8, 4) is 5.75 Å². The van der Waals surface area contributed by atoms with E-state index < -0.39 is 18.0 Å². The largest absolute Gasteiger partial charge is 0.495 e. The second kappa shape index (κ2) is 9.16. The van der Waals surface area contributed by atoms with Crippen molar-refractivity contribution in [3.05, 3.63) is 82.9 Å². The number of aryl methyl sites for hydroxylation is 1. The number of aromatic nitrogens is 2. The summed E-state index contributed by atoms with van der Waals surface area (Å²) >= 11 is 6.11. The van der Waals surface area contributed by atoms with E-state index in [2.05, 4.69) is 15.3 Å². The first-order valence-electron chi connectivity index (χ1n) is 8.67. The molecule has 1 N–H and O–H groups in total. The maximum Gasteiger partial charge on any atom is 0.359 e. The molecule has 1 aromatic heterocycles. The van der Waals surface area contributed by atoms with Gasteiger partial charge < -0.3 is 14.8 Å². The number of carbonyl (C=O) groups excluding carboxylic acids is 2. The van der Waals surface area contributed by atoms with Crippen LogP contribution in [0.2, 0.25) is 5.02 Å². The van der Waals surface area contributed by atoms with E-state index in [0.29, 0.717) is 27.7 Å². The number of halogens is 1. The van der Waals surface area contributed by atoms with Crippen molar-refractivity contribution in [2.75, 3.05) is 12.4 Å². The van der Waals surface area contributed by atoms with E-state index in [0.717, 1.165) is 0 Å². The Morgan fingerprint density at radius 3 is 2.45 bits per heavy atom. The topological polar surface area (TPSA) is 90.4 Å². The molecule has 0 spiro atoms. The van der Waals surface area contributed by atoms with E-state index in [1.165, 1.54) is 19.5 Å². The Morgan fingerprint density at radius 2 is 1.83 bits per heavy atom. The van der Waals surface area contributed by atoms with E-state index in [1.807, 2.05) is 0 Å². The monoisotopic (exact) mass is 411 g/mol. The summed E-state index contributed by atoms with van der Waals surface area (Å²) in [5.41, 5.74) is 1.62. The summed E-state index contributed by atoms with van der Waals surface area (Å²) in [5.74, 6) is -0.811. The van der Waals surface area contributed by atoms with Crippen LogP contribution in [-0.2, 0) is 9.53 Å². The average molecular weight is 412 g/mol. The first kappa shape index (κ1) is 20.3. The number of hydrogen-bond acceptors (Lipinski definition) is 6. The lowest BCUT2D eigenvalue weighted by molar-refractivity contribution is -0.125. The van der Waals surface area contributed by atoms with Crippen LogP contribution in [0.5, 0.6) is 5.75 Å². The molecule has 148 valence electrons. The summed E-state index contributed by atoms with van der Waals surface area (Å²) in [7, 11) is 1.50. The molecular formula is C21H18ClN3O4. The lowest BCUT2D eigenvalue weighted by Gasteiger charge is -2.18. The first-order valence-corrected chi connectivity index (χ1v) is 9.04. The fraction of sp³-hybridized carbons (Fsp3) is 0.143. The molecule has 7 nitrogen and oxygen atoms in total. The number of hydrogen-bond donors (Lipinski definition) is 1. The van der Waals surface area contributed by atoms with Crippen LogP contribution in [0.1, 0.15) is 27.8 Å². The number of carbonyl (C=O) groups is 2. The second-order valence-electron chi connectivity index (χ2n) is 6.08. The highest BCUT2D eigenvalue weighted by Crippen LogP contribution is 2.28. The fourth-order valence-corrected chi connectivity index (χ4v) is 2.78. The van der Waals surface area contributed by atoms with Gasteiger partial charge >= 0.3 is 5.97 Å². The maximum absolute atomic E-state index is 12.9. The van der Waals surface area contributed by atoms with E-state index in [9.17, 15) is 9.59 Å². The van der Waals surface area contributed by atoms with Crippen molar-refractivity contribution in [1.82, 2.24) is 9.97 Å². The average Bonchev–Trinajstić information content (AvgIpc) is 2.73. The van der Waals surface area contributed by atoms with E-state index in [1.54, 1.807) is 55.5 Å². The molecule has 0 saturated heterocycles. The minimum absolute atomic E-state index is 0.0109. The third-order valence-electron chi connectivity index (χ3n) is 3.97. The van der Waals surface area contributed by atoms with E-state index in [4.69, 9.17) is 21.1 Å². The highest BCUT2D eigenvalue weighted by Gasteiger charge is 2.26. The van der Waals surface area contributed by atoms with Crippen LogP contribution in [0.25, 0.3) is 0 Å². The molecule has 0 unspecified atom stereocenters. The lowest BCUT2D eigenvalue weighted by Crippen LogP contribution is -2.26. The van der Waals surface area contributed by atoms with Gasteiger partial charge in [-0.2, -0.15) is 0 Å². The maximum atomic E-state index is 12.9. The number of methoxy groups -OCH3 is 1. The summed E-state index contributed by atoms with van der Waals surface area (Å²) in [5, 5.41) is 3.05. The van der Waals surface area contributed by atoms with Crippen LogP contribution in [0.3, 0.4) is 0 Å². The molecule has 3 aromatic rings. The second-order valence-corrected chi connectivity index (χ2v) is 6.48. The van der Waals surface area contributed by atoms with Crippen molar-refractivity contribution < 1.29 is 19.1 Å². The van der Waals surface area contributed by atoms with Gasteiger partial charge in [0, 0.05) is 17.4 Å². The number of ether oxygens (including phenoxy) is 2. The predicted octanol–water partition coefficient (Wildman–Crippen LogP) is 3.98. The van der Waals surface area contributed by atoms with Gasteiger partial charge in [0.05, 0.1) is 24.0 Å². The van der Waals surface area contributed by atoms with Crippen LogP contribution in [0, 0.1) is 6.92 Å². The molecule has 0 fully saturated rings. The van der Waals surface area contributed by atoms with Crippen molar-refractivity contribution in [2.45, 2.75) is 13.0 Å². The van der Waals surface area contributed by atoms with Gasteiger partial charge in [-0.3, -0.25) is 9.78 Å². The van der Waals surface area contributed by atoms with Gasteiger partial charge in [0.25, 0.3) is 5.91 Å². The predicted molar refractivity (Wildman–Crippen MR) is 108 cm³/mol. The quantitative estimate of drug-likeness (QED) is 0.617. The Hall–Kier alpha value is -3.45. The van der Waals surface area contributed by atoms with Crippen molar-refractivity contribution in [2.24, 2.45) is 0 Å². The Morgan fingerprint density at radius 1 is 1.07 bits per heavy atom. The zero-order valence-corrected chi connectivity index (χ0v) is 16.5. The third kappa shape index (κ3) is 5.08. The van der Waals surface area contributed by atoms with Crippen LogP contribution >= 0.6 is 11.6 Å². The SMILES string of the molecule is COc1ccc(NC(=O)[C@H](OC(=O)c2cnc(C)cn2)c2ccccc2)cc1Cl. The van der Waals surface area contributed by atoms with E-state index >= 15 is 0 Å². The van der Waals surface area contributed by atoms with Crippen LogP contribution in [-0.4, -0.2) is 29.0 Å². The van der Waals surface area contributed by atoms with Gasteiger partial charge in [0.15, 0.2) is 5.69 Å². The molecule has 8 heteroatoms. The fourth-order valence-electron chi connectivity index (χ4n) is 2.52. The highest BCUT2D eigenvalue weighted by atomic mass is 35.5. The standard InChI is InChI=1S/C21H18ClN3O4/c1-13-11-24-17(12-23-13)21(27)29-19(14-6-4-3-5-7-14)20(26)25-15-8-9-18(28-2)16(22)10-15/h3-12,19H,1-2H3,(H,25,26)/t19-/m1/s1. The lowest BCUT2D eigenvalue weighted by atomic mass is 10.1. The highest BCUT2D eigenvalue weighted by molar-refractivity contribution is 6.32. The Kier molecular flexibility index (Phi) is 6.41. The summed E-state index contributed by atoms with van der Waals surface area (Å²) in [4.78, 5) is 33.4. The van der Waals surface area contributed by atoms with Crippen molar-refractivity contribution in [1.29, 1.82) is 0 Å². The molecule has 0 aliphatic rings. The van der Waals surface area contributed by atoms with Gasteiger partial charge in [0.1, 0.15) is 5.75 Å². The minimum atomic E-state index is -1.19. The number of nitrogens with zero attached hydrogens (tertiary/aromatic N) is 2. The molecule has 3 rings (SSSR count). The van der Waals surface area contributed by atoms with Gasteiger partial charge in [-0.25, -0.2) is 9.78 Å². The summed E-state index contributed by atoms with van der Waals surface area (Å²) in [6.07, 6.45) is 1.57. The molecule has 1 amide bonds. The number of benzene rings is 2. The minimum Gasteiger partial charge on any atom is -0.495 e. The summed E-state index contributed by atoms with van der Waals surface area (Å²) in [6.45, 7) is 1.75.